The predicted octanol–water partition coefficient (Wildman–Crippen LogP) is 5.88. The Balaban J connectivity index is 1.15. The van der Waals surface area contributed by atoms with Gasteiger partial charge in [-0.3, -0.25) is 15.0 Å². The van der Waals surface area contributed by atoms with Crippen LogP contribution in [-0.2, 0) is 9.59 Å². The normalized spacial score (nSPS) is 31.6. The Morgan fingerprint density at radius 1 is 1.09 bits per heavy atom. The average molecular weight is 497 g/mol. The van der Waals surface area contributed by atoms with Crippen LogP contribution in [0.5, 0.6) is 0 Å². The van der Waals surface area contributed by atoms with E-state index in [0.29, 0.717) is 32.7 Å². The number of amides is 2. The summed E-state index contributed by atoms with van der Waals surface area (Å²) in [6.07, 6.45) is 8.35. The first-order valence-corrected chi connectivity index (χ1v) is 13.4. The van der Waals surface area contributed by atoms with Gasteiger partial charge in [-0.25, -0.2) is 0 Å². The molecule has 1 N–H and O–H groups in total. The molecular formula is C25H24N2O3S3. The smallest absolute Gasteiger partial charge is 0.285 e. The minimum Gasteiger partial charge on any atom is -0.450 e. The zero-order valence-electron chi connectivity index (χ0n) is 18.0. The van der Waals surface area contributed by atoms with Gasteiger partial charge in [0.25, 0.3) is 5.91 Å². The largest absolute Gasteiger partial charge is 0.450 e. The van der Waals surface area contributed by atoms with E-state index in [1.165, 1.54) is 47.8 Å². The van der Waals surface area contributed by atoms with Gasteiger partial charge in [0.05, 0.1) is 10.3 Å². The molecule has 4 bridgehead atoms. The number of thiocarbonyl (C=S) groups is 1. The third-order valence-corrected chi connectivity index (χ3v) is 9.59. The number of carbonyl (C=O) groups excluding carboxylic acids is 2. The van der Waals surface area contributed by atoms with Crippen LogP contribution in [0.4, 0.5) is 0 Å². The van der Waals surface area contributed by atoms with Crippen molar-refractivity contribution in [2.24, 2.45) is 23.2 Å². The van der Waals surface area contributed by atoms with Crippen LogP contribution in [0.2, 0.25) is 0 Å². The van der Waals surface area contributed by atoms with Crippen LogP contribution in [0, 0.1) is 23.2 Å². The zero-order chi connectivity index (χ0) is 22.6. The van der Waals surface area contributed by atoms with Gasteiger partial charge in [-0.2, -0.15) is 5.01 Å². The van der Waals surface area contributed by atoms with Crippen molar-refractivity contribution >= 4 is 58.0 Å². The van der Waals surface area contributed by atoms with Crippen LogP contribution in [0.15, 0.2) is 61.8 Å². The lowest BCUT2D eigenvalue weighted by Crippen LogP contribution is -2.57. The van der Waals surface area contributed by atoms with Crippen molar-refractivity contribution in [3.8, 4) is 0 Å². The van der Waals surface area contributed by atoms with Crippen LogP contribution in [0.25, 0.3) is 6.08 Å². The number of nitrogens with zero attached hydrogens (tertiary/aromatic N) is 1. The average Bonchev–Trinajstić information content (AvgIpc) is 3.32. The van der Waals surface area contributed by atoms with Gasteiger partial charge >= 0.3 is 0 Å². The molecule has 7 rings (SSSR count). The van der Waals surface area contributed by atoms with Crippen molar-refractivity contribution in [2.75, 3.05) is 0 Å². The fraction of sp³-hybridized carbons (Fsp3) is 0.400. The molecule has 4 saturated carbocycles. The summed E-state index contributed by atoms with van der Waals surface area (Å²) in [7, 11) is 0. The van der Waals surface area contributed by atoms with Gasteiger partial charge in [0.1, 0.15) is 5.76 Å². The predicted molar refractivity (Wildman–Crippen MR) is 133 cm³/mol. The summed E-state index contributed by atoms with van der Waals surface area (Å²) in [4.78, 5) is 28.0. The first-order chi connectivity index (χ1) is 16.0. The highest BCUT2D eigenvalue weighted by molar-refractivity contribution is 8.26. The minimum absolute atomic E-state index is 0.0290. The molecule has 2 aromatic rings. The number of thioether (sulfide) groups is 1. The molecule has 5 aliphatic rings. The summed E-state index contributed by atoms with van der Waals surface area (Å²) >= 11 is 8.16. The standard InChI is InChI=1S/C25H24N2O3S3/c28-22-20(11-18-6-7-21(30-18)32-19-4-2-1-3-5-19)33-24(31)27(22)26-23(29)25-12-15-8-16(13-25)10-17(9-15)14-25/h1-7,11,15-17H,8-10,12-14H2,(H,26,29)/b20-11-. The Hall–Kier alpha value is -2.03. The lowest BCUT2D eigenvalue weighted by atomic mass is 9.49. The number of nitrogens with one attached hydrogen (secondary N) is 1. The third-order valence-electron chi connectivity index (χ3n) is 7.36. The van der Waals surface area contributed by atoms with Gasteiger partial charge in [0.15, 0.2) is 9.41 Å². The van der Waals surface area contributed by atoms with E-state index < -0.39 is 0 Å². The van der Waals surface area contributed by atoms with E-state index in [-0.39, 0.29) is 17.2 Å². The first-order valence-electron chi connectivity index (χ1n) is 11.4. The Morgan fingerprint density at radius 2 is 1.76 bits per heavy atom. The zero-order valence-corrected chi connectivity index (χ0v) is 20.4. The Morgan fingerprint density at radius 3 is 2.42 bits per heavy atom. The van der Waals surface area contributed by atoms with Crippen LogP contribution in [0.1, 0.15) is 44.3 Å². The molecule has 170 valence electrons. The molecule has 0 atom stereocenters. The summed E-state index contributed by atoms with van der Waals surface area (Å²) < 4.78 is 6.24. The molecule has 1 aliphatic heterocycles. The lowest BCUT2D eigenvalue weighted by molar-refractivity contribution is -0.152. The van der Waals surface area contributed by atoms with Crippen LogP contribution in [-0.4, -0.2) is 21.1 Å². The van der Waals surface area contributed by atoms with Gasteiger partial charge in [-0.1, -0.05) is 41.7 Å². The molecule has 2 heterocycles. The van der Waals surface area contributed by atoms with Crippen molar-refractivity contribution in [3.05, 3.63) is 53.1 Å². The van der Waals surface area contributed by atoms with Gasteiger partial charge in [-0.05, 0) is 92.8 Å². The molecule has 1 saturated heterocycles. The Labute approximate surface area is 206 Å². The summed E-state index contributed by atoms with van der Waals surface area (Å²) in [6.45, 7) is 0. The van der Waals surface area contributed by atoms with Gasteiger partial charge < -0.3 is 4.42 Å². The molecule has 0 unspecified atom stereocenters. The molecule has 5 nitrogen and oxygen atoms in total. The van der Waals surface area contributed by atoms with E-state index in [1.807, 2.05) is 42.5 Å². The molecule has 2 amide bonds. The molecule has 5 fully saturated rings. The summed E-state index contributed by atoms with van der Waals surface area (Å²) in [6, 6.07) is 13.7. The van der Waals surface area contributed by atoms with Gasteiger partial charge in [-0.15, -0.1) is 0 Å². The second-order valence-corrected chi connectivity index (χ2v) is 12.5. The molecule has 8 heteroatoms. The monoisotopic (exact) mass is 496 g/mol. The van der Waals surface area contributed by atoms with Gasteiger partial charge in [0.2, 0.25) is 5.91 Å². The number of rotatable bonds is 5. The van der Waals surface area contributed by atoms with Crippen molar-refractivity contribution < 1.29 is 14.0 Å². The number of hydrazine groups is 1. The number of benzene rings is 1. The molecule has 0 spiro atoms. The van der Waals surface area contributed by atoms with Crippen LogP contribution >= 0.6 is 35.7 Å². The molecule has 1 aromatic carbocycles. The maximum absolute atomic E-state index is 13.4. The number of carbonyl (C=O) groups is 2. The number of furan rings is 1. The SMILES string of the molecule is O=C1/C(=C/c2ccc(Sc3ccccc3)o2)SC(=S)N1NC(=O)C12CC3CC(CC(C3)C1)C2. The van der Waals surface area contributed by atoms with E-state index in [4.69, 9.17) is 16.6 Å². The molecule has 33 heavy (non-hydrogen) atoms. The van der Waals surface area contributed by atoms with E-state index in [9.17, 15) is 9.59 Å². The second-order valence-electron chi connectivity index (χ2n) is 9.73. The molecular weight excluding hydrogens is 472 g/mol. The maximum atomic E-state index is 13.4. The molecule has 1 aromatic heterocycles. The van der Waals surface area contributed by atoms with Crippen LogP contribution < -0.4 is 5.43 Å². The first kappa shape index (κ1) is 21.5. The fourth-order valence-electron chi connectivity index (χ4n) is 6.37. The quantitative estimate of drug-likeness (QED) is 0.412. The summed E-state index contributed by atoms with van der Waals surface area (Å²) in [5.41, 5.74) is 2.57. The Kier molecular flexibility index (Phi) is 5.42. The summed E-state index contributed by atoms with van der Waals surface area (Å²) in [5, 5.41) is 2.01. The van der Waals surface area contributed by atoms with Crippen molar-refractivity contribution in [1.29, 1.82) is 0 Å². The maximum Gasteiger partial charge on any atom is 0.285 e. The number of hydrogen-bond donors (Lipinski definition) is 1. The van der Waals surface area contributed by atoms with Crippen LogP contribution in [0.3, 0.4) is 0 Å². The molecule has 4 aliphatic carbocycles. The highest BCUT2D eigenvalue weighted by atomic mass is 32.2. The van der Waals surface area contributed by atoms with Gasteiger partial charge in [0, 0.05) is 11.0 Å². The van der Waals surface area contributed by atoms with Crippen molar-refractivity contribution in [3.63, 3.8) is 0 Å². The topological polar surface area (TPSA) is 62.6 Å². The second kappa shape index (κ2) is 8.32. The highest BCUT2D eigenvalue weighted by Crippen LogP contribution is 2.60. The number of hydrogen-bond acceptors (Lipinski definition) is 6. The summed E-state index contributed by atoms with van der Waals surface area (Å²) in [5.74, 6) is 2.25. The Bertz CT molecular complexity index is 1120. The lowest BCUT2D eigenvalue weighted by Gasteiger charge is -2.55. The van der Waals surface area contributed by atoms with Crippen molar-refractivity contribution in [2.45, 2.75) is 48.5 Å². The van der Waals surface area contributed by atoms with E-state index >= 15 is 0 Å². The third kappa shape index (κ3) is 4.06. The highest BCUT2D eigenvalue weighted by Gasteiger charge is 2.55. The van der Waals surface area contributed by atoms with Crippen molar-refractivity contribution in [1.82, 2.24) is 10.4 Å². The molecule has 0 radical (unpaired) electrons. The van der Waals surface area contributed by atoms with E-state index in [1.54, 1.807) is 6.08 Å². The fourth-order valence-corrected chi connectivity index (χ4v) is 8.33. The van der Waals surface area contributed by atoms with E-state index in [0.717, 1.165) is 29.3 Å². The minimum atomic E-state index is -0.327. The van der Waals surface area contributed by atoms with E-state index in [2.05, 4.69) is 5.43 Å².